The maximum atomic E-state index is 13.5. The lowest BCUT2D eigenvalue weighted by Crippen LogP contribution is -2.16. The highest BCUT2D eigenvalue weighted by atomic mass is 35.5. The van der Waals surface area contributed by atoms with E-state index in [9.17, 15) is 9.18 Å². The molecular formula is C20H23ClFN3O. The number of aryl methyl sites for hydroxylation is 2. The Kier molecular flexibility index (Phi) is 6.75. The van der Waals surface area contributed by atoms with Crippen molar-refractivity contribution < 1.29 is 9.18 Å². The number of Topliss-reactive ketones (excluding diaryl/α,β-unsaturated/α-hetero) is 1. The van der Waals surface area contributed by atoms with Crippen LogP contribution in [0.3, 0.4) is 0 Å². The molecule has 0 aromatic heterocycles. The van der Waals surface area contributed by atoms with E-state index in [2.05, 4.69) is 10.3 Å². The van der Waals surface area contributed by atoms with Gasteiger partial charge in [-0.2, -0.15) is 0 Å². The molecule has 2 aromatic carbocycles. The van der Waals surface area contributed by atoms with Crippen molar-refractivity contribution in [2.75, 3.05) is 25.5 Å². The number of rotatable bonds is 7. The summed E-state index contributed by atoms with van der Waals surface area (Å²) < 4.78 is 13.5. The number of ketones is 1. The third kappa shape index (κ3) is 5.05. The number of nitrogens with zero attached hydrogens (tertiary/aromatic N) is 2. The number of nitrogens with one attached hydrogen (secondary N) is 1. The molecule has 4 nitrogen and oxygen atoms in total. The number of anilines is 1. The molecule has 1 N–H and O–H groups in total. The highest BCUT2D eigenvalue weighted by Gasteiger charge is 2.12. The van der Waals surface area contributed by atoms with E-state index in [-0.39, 0.29) is 17.4 Å². The molecule has 0 atom stereocenters. The molecule has 0 spiro atoms. The number of carbonyl (C=O) groups excluding carboxylic acids is 1. The molecule has 0 saturated carbocycles. The number of benzene rings is 2. The number of hydrogen-bond acceptors (Lipinski definition) is 3. The maximum absolute atomic E-state index is 13.5. The molecule has 6 heteroatoms. The fourth-order valence-electron chi connectivity index (χ4n) is 2.37. The third-order valence-corrected chi connectivity index (χ3v) is 4.42. The van der Waals surface area contributed by atoms with Gasteiger partial charge in [-0.15, -0.1) is 0 Å². The van der Waals surface area contributed by atoms with Crippen LogP contribution in [0, 0.1) is 19.7 Å². The summed E-state index contributed by atoms with van der Waals surface area (Å²) in [5.74, 6) is -0.586. The van der Waals surface area contributed by atoms with Crippen LogP contribution in [0.25, 0.3) is 0 Å². The summed E-state index contributed by atoms with van der Waals surface area (Å²) in [5, 5.41) is 2.99. The van der Waals surface area contributed by atoms with Crippen LogP contribution in [-0.4, -0.2) is 37.2 Å². The minimum absolute atomic E-state index is 0.0539. The minimum Gasteiger partial charge on any atom is -0.377 e. The molecule has 26 heavy (non-hydrogen) atoms. The molecule has 0 aliphatic carbocycles. The molecule has 0 unspecified atom stereocenters. The van der Waals surface area contributed by atoms with E-state index in [0.29, 0.717) is 11.3 Å². The van der Waals surface area contributed by atoms with Gasteiger partial charge in [-0.25, -0.2) is 9.38 Å². The van der Waals surface area contributed by atoms with Crippen molar-refractivity contribution in [2.24, 2.45) is 4.99 Å². The lowest BCUT2D eigenvalue weighted by molar-refractivity contribution is 0.101. The Morgan fingerprint density at radius 3 is 2.65 bits per heavy atom. The molecule has 0 aliphatic rings. The van der Waals surface area contributed by atoms with E-state index in [1.165, 1.54) is 12.1 Å². The molecular weight excluding hydrogens is 353 g/mol. The van der Waals surface area contributed by atoms with Gasteiger partial charge in [0.05, 0.1) is 23.6 Å². The predicted molar refractivity (Wildman–Crippen MR) is 107 cm³/mol. The third-order valence-electron chi connectivity index (χ3n) is 4.11. The first-order valence-corrected chi connectivity index (χ1v) is 8.77. The summed E-state index contributed by atoms with van der Waals surface area (Å²) in [6.07, 6.45) is 1.78. The maximum Gasteiger partial charge on any atom is 0.182 e. The molecule has 0 heterocycles. The van der Waals surface area contributed by atoms with Crippen molar-refractivity contribution in [1.29, 1.82) is 0 Å². The predicted octanol–water partition coefficient (Wildman–Crippen LogP) is 5.00. The van der Waals surface area contributed by atoms with E-state index in [1.54, 1.807) is 12.4 Å². The zero-order valence-corrected chi connectivity index (χ0v) is 16.2. The Labute approximate surface area is 158 Å². The van der Waals surface area contributed by atoms with Crippen molar-refractivity contribution in [3.63, 3.8) is 0 Å². The topological polar surface area (TPSA) is 44.7 Å². The number of halogens is 2. The van der Waals surface area contributed by atoms with Gasteiger partial charge in [0.1, 0.15) is 5.82 Å². The highest BCUT2D eigenvalue weighted by molar-refractivity contribution is 6.30. The van der Waals surface area contributed by atoms with Crippen LogP contribution >= 0.6 is 11.6 Å². The van der Waals surface area contributed by atoms with Crippen LogP contribution in [0.5, 0.6) is 0 Å². The molecule has 0 radical (unpaired) electrons. The van der Waals surface area contributed by atoms with Gasteiger partial charge in [-0.3, -0.25) is 4.79 Å². The van der Waals surface area contributed by atoms with Crippen LogP contribution in [0.15, 0.2) is 35.3 Å². The second-order valence-corrected chi connectivity index (χ2v) is 6.58. The SMILES string of the molecule is CCN(C)/C=N\c1cc(C)c(C(=O)CNc2ccc(Cl)c(F)c2)cc1C. The van der Waals surface area contributed by atoms with Crippen LogP contribution in [0.4, 0.5) is 15.8 Å². The van der Waals surface area contributed by atoms with Crippen LogP contribution in [-0.2, 0) is 0 Å². The smallest absolute Gasteiger partial charge is 0.182 e. The van der Waals surface area contributed by atoms with Crippen molar-refractivity contribution in [3.8, 4) is 0 Å². The van der Waals surface area contributed by atoms with E-state index in [1.807, 2.05) is 44.9 Å². The average molecular weight is 376 g/mol. The van der Waals surface area contributed by atoms with Crippen molar-refractivity contribution in [3.05, 3.63) is 57.9 Å². The zero-order valence-electron chi connectivity index (χ0n) is 15.4. The first-order valence-electron chi connectivity index (χ1n) is 8.39. The molecule has 0 aliphatic heterocycles. The minimum atomic E-state index is -0.518. The largest absolute Gasteiger partial charge is 0.377 e. The molecule has 2 rings (SSSR count). The number of aliphatic imine (C=N–C) groups is 1. The summed E-state index contributed by atoms with van der Waals surface area (Å²) >= 11 is 5.66. The molecule has 0 bridgehead atoms. The standard InChI is InChI=1S/C20H23ClFN3O/c1-5-25(4)12-24-19-9-13(2)16(8-14(19)3)20(26)11-23-15-6-7-17(21)18(22)10-15/h6-10,12,23H,5,11H2,1-4H3/b24-12-. The van der Waals surface area contributed by atoms with Gasteiger partial charge in [0, 0.05) is 24.8 Å². The first kappa shape index (κ1) is 19.9. The van der Waals surface area contributed by atoms with Gasteiger partial charge >= 0.3 is 0 Å². The van der Waals surface area contributed by atoms with Crippen molar-refractivity contribution in [2.45, 2.75) is 20.8 Å². The van der Waals surface area contributed by atoms with Gasteiger partial charge in [0.2, 0.25) is 0 Å². The Bertz CT molecular complexity index is 836. The summed E-state index contributed by atoms with van der Waals surface area (Å²) in [4.78, 5) is 19.0. The average Bonchev–Trinajstić information content (AvgIpc) is 2.62. The Balaban J connectivity index is 2.12. The molecule has 0 amide bonds. The summed E-state index contributed by atoms with van der Waals surface area (Å²) in [7, 11) is 1.95. The van der Waals surface area contributed by atoms with Gasteiger partial charge in [0.25, 0.3) is 0 Å². The molecule has 2 aromatic rings. The molecule has 138 valence electrons. The van der Waals surface area contributed by atoms with Crippen molar-refractivity contribution in [1.82, 2.24) is 4.90 Å². The van der Waals surface area contributed by atoms with E-state index in [0.717, 1.165) is 23.4 Å². The fourth-order valence-corrected chi connectivity index (χ4v) is 2.48. The van der Waals surface area contributed by atoms with Gasteiger partial charge in [-0.1, -0.05) is 11.6 Å². The van der Waals surface area contributed by atoms with Crippen LogP contribution in [0.1, 0.15) is 28.4 Å². The van der Waals surface area contributed by atoms with Gasteiger partial charge in [-0.05, 0) is 62.2 Å². The summed E-state index contributed by atoms with van der Waals surface area (Å²) in [5.41, 5.74) is 3.77. The molecule has 0 fully saturated rings. The van der Waals surface area contributed by atoms with Crippen LogP contribution in [0.2, 0.25) is 5.02 Å². The van der Waals surface area contributed by atoms with E-state index in [4.69, 9.17) is 11.6 Å². The normalized spacial score (nSPS) is 11.0. The Hall–Kier alpha value is -2.40. The van der Waals surface area contributed by atoms with Crippen molar-refractivity contribution >= 4 is 35.1 Å². The second kappa shape index (κ2) is 8.81. The van der Waals surface area contributed by atoms with E-state index >= 15 is 0 Å². The summed E-state index contributed by atoms with van der Waals surface area (Å²) in [6, 6.07) is 8.12. The van der Waals surface area contributed by atoms with Crippen LogP contribution < -0.4 is 5.32 Å². The summed E-state index contributed by atoms with van der Waals surface area (Å²) in [6.45, 7) is 6.80. The van der Waals surface area contributed by atoms with E-state index < -0.39 is 5.82 Å². The first-order chi connectivity index (χ1) is 12.3. The molecule has 0 saturated heterocycles. The Morgan fingerprint density at radius 1 is 1.27 bits per heavy atom. The van der Waals surface area contributed by atoms with Gasteiger partial charge in [0.15, 0.2) is 5.78 Å². The zero-order chi connectivity index (χ0) is 19.3. The quantitative estimate of drug-likeness (QED) is 0.420. The van der Waals surface area contributed by atoms with Gasteiger partial charge < -0.3 is 10.2 Å². The monoisotopic (exact) mass is 375 g/mol. The highest BCUT2D eigenvalue weighted by Crippen LogP contribution is 2.24. The Morgan fingerprint density at radius 2 is 2.00 bits per heavy atom. The lowest BCUT2D eigenvalue weighted by Gasteiger charge is -2.12. The number of carbonyl (C=O) groups is 1. The lowest BCUT2D eigenvalue weighted by atomic mass is 10.0. The second-order valence-electron chi connectivity index (χ2n) is 6.18. The fraction of sp³-hybridized carbons (Fsp3) is 0.300. The number of hydrogen-bond donors (Lipinski definition) is 1.